The minimum Gasteiger partial charge on any atom is -0.481 e. The molecule has 0 spiro atoms. The zero-order valence-corrected chi connectivity index (χ0v) is 12.4. The molecule has 0 saturated heterocycles. The quantitative estimate of drug-likeness (QED) is 0.857. The Kier molecular flexibility index (Phi) is 4.34. The van der Waals surface area contributed by atoms with Crippen LogP contribution in [0.1, 0.15) is 11.1 Å². The van der Waals surface area contributed by atoms with Crippen molar-refractivity contribution in [2.45, 2.75) is 13.3 Å². The predicted octanol–water partition coefficient (Wildman–Crippen LogP) is 4.73. The summed E-state index contributed by atoms with van der Waals surface area (Å²) in [6.45, 7) is 1.88. The molecular formula is C13H11Cl2NO2S. The van der Waals surface area contributed by atoms with Gasteiger partial charge in [-0.15, -0.1) is 11.3 Å². The number of carboxylic acid groups (broad SMARTS) is 1. The molecule has 2 aromatic rings. The molecule has 19 heavy (non-hydrogen) atoms. The highest BCUT2D eigenvalue weighted by Crippen LogP contribution is 2.33. The lowest BCUT2D eigenvalue weighted by Crippen LogP contribution is -2.02. The van der Waals surface area contributed by atoms with Crippen LogP contribution in [0.25, 0.3) is 0 Å². The first kappa shape index (κ1) is 14.2. The molecule has 100 valence electrons. The van der Waals surface area contributed by atoms with Gasteiger partial charge >= 0.3 is 5.97 Å². The van der Waals surface area contributed by atoms with Crippen LogP contribution in [0, 0.1) is 6.92 Å². The van der Waals surface area contributed by atoms with Crippen molar-refractivity contribution in [3.8, 4) is 0 Å². The Morgan fingerprint density at radius 3 is 2.68 bits per heavy atom. The van der Waals surface area contributed by atoms with Crippen molar-refractivity contribution in [1.82, 2.24) is 0 Å². The van der Waals surface area contributed by atoms with Gasteiger partial charge in [0.25, 0.3) is 0 Å². The molecular weight excluding hydrogens is 305 g/mol. The van der Waals surface area contributed by atoms with E-state index in [2.05, 4.69) is 5.32 Å². The van der Waals surface area contributed by atoms with Gasteiger partial charge < -0.3 is 10.4 Å². The van der Waals surface area contributed by atoms with Crippen LogP contribution in [0.2, 0.25) is 10.0 Å². The van der Waals surface area contributed by atoms with Gasteiger partial charge in [0, 0.05) is 10.4 Å². The van der Waals surface area contributed by atoms with Crippen molar-refractivity contribution in [3.05, 3.63) is 44.1 Å². The minimum atomic E-state index is -0.861. The minimum absolute atomic E-state index is 0.0178. The van der Waals surface area contributed by atoms with E-state index >= 15 is 0 Å². The average Bonchev–Trinajstić information content (AvgIpc) is 2.72. The van der Waals surface area contributed by atoms with Crippen LogP contribution in [0.15, 0.2) is 22.9 Å². The van der Waals surface area contributed by atoms with Crippen LogP contribution < -0.4 is 5.32 Å². The molecule has 0 aliphatic carbocycles. The molecule has 1 aromatic heterocycles. The van der Waals surface area contributed by atoms with E-state index in [0.29, 0.717) is 15.7 Å². The molecule has 0 aliphatic heterocycles. The summed E-state index contributed by atoms with van der Waals surface area (Å²) in [6.07, 6.45) is -0.0178. The molecule has 0 fully saturated rings. The molecule has 0 atom stereocenters. The van der Waals surface area contributed by atoms with E-state index in [4.69, 9.17) is 28.3 Å². The number of thiophene rings is 1. The van der Waals surface area contributed by atoms with Crippen molar-refractivity contribution in [1.29, 1.82) is 0 Å². The molecule has 0 bridgehead atoms. The summed E-state index contributed by atoms with van der Waals surface area (Å²) in [5, 5.41) is 16.8. The number of carboxylic acids is 1. The zero-order valence-electron chi connectivity index (χ0n) is 10.0. The highest BCUT2D eigenvalue weighted by Gasteiger charge is 2.11. The second-order valence-electron chi connectivity index (χ2n) is 4.09. The molecule has 1 aromatic carbocycles. The van der Waals surface area contributed by atoms with Crippen LogP contribution in [0.5, 0.6) is 0 Å². The van der Waals surface area contributed by atoms with Crippen molar-refractivity contribution >= 4 is 51.9 Å². The van der Waals surface area contributed by atoms with E-state index in [1.54, 1.807) is 6.07 Å². The monoisotopic (exact) mass is 315 g/mol. The van der Waals surface area contributed by atoms with E-state index in [1.165, 1.54) is 11.3 Å². The van der Waals surface area contributed by atoms with E-state index < -0.39 is 5.97 Å². The van der Waals surface area contributed by atoms with E-state index in [1.807, 2.05) is 23.8 Å². The number of carbonyl (C=O) groups is 1. The maximum Gasteiger partial charge on any atom is 0.307 e. The van der Waals surface area contributed by atoms with Crippen molar-refractivity contribution in [2.75, 3.05) is 5.32 Å². The van der Waals surface area contributed by atoms with Gasteiger partial charge in [0.2, 0.25) is 0 Å². The van der Waals surface area contributed by atoms with E-state index in [0.717, 1.165) is 16.8 Å². The first-order chi connectivity index (χ1) is 8.97. The molecule has 0 amide bonds. The highest BCUT2D eigenvalue weighted by molar-refractivity contribution is 7.08. The Hall–Kier alpha value is -1.23. The Balaban J connectivity index is 2.29. The number of hydrogen-bond donors (Lipinski definition) is 2. The van der Waals surface area contributed by atoms with Gasteiger partial charge in [-0.25, -0.2) is 0 Å². The number of aliphatic carboxylic acids is 1. The fourth-order valence-corrected chi connectivity index (χ4v) is 2.85. The zero-order chi connectivity index (χ0) is 14.0. The van der Waals surface area contributed by atoms with Gasteiger partial charge in [-0.05, 0) is 35.6 Å². The second-order valence-corrected chi connectivity index (χ2v) is 5.65. The van der Waals surface area contributed by atoms with E-state index in [9.17, 15) is 4.79 Å². The summed E-state index contributed by atoms with van der Waals surface area (Å²) >= 11 is 13.5. The van der Waals surface area contributed by atoms with Gasteiger partial charge in [-0.1, -0.05) is 23.2 Å². The molecule has 0 unspecified atom stereocenters. The van der Waals surface area contributed by atoms with Crippen molar-refractivity contribution in [3.63, 3.8) is 0 Å². The van der Waals surface area contributed by atoms with Crippen LogP contribution in [-0.2, 0) is 11.2 Å². The molecule has 2 rings (SSSR count). The topological polar surface area (TPSA) is 49.3 Å². The highest BCUT2D eigenvalue weighted by atomic mass is 35.5. The molecule has 3 nitrogen and oxygen atoms in total. The van der Waals surface area contributed by atoms with Gasteiger partial charge in [0.05, 0.1) is 22.8 Å². The largest absolute Gasteiger partial charge is 0.481 e. The van der Waals surface area contributed by atoms with Crippen LogP contribution >= 0.6 is 34.5 Å². The van der Waals surface area contributed by atoms with Crippen LogP contribution in [-0.4, -0.2) is 11.1 Å². The number of nitrogens with one attached hydrogen (secondary N) is 1. The number of rotatable bonds is 4. The summed E-state index contributed by atoms with van der Waals surface area (Å²) in [5.41, 5.74) is 3.12. The van der Waals surface area contributed by atoms with Gasteiger partial charge in [0.1, 0.15) is 0 Å². The SMILES string of the molecule is Cc1cc(Nc2cscc2CC(=O)O)c(Cl)cc1Cl. The second kappa shape index (κ2) is 5.82. The summed E-state index contributed by atoms with van der Waals surface area (Å²) in [5.74, 6) is -0.861. The van der Waals surface area contributed by atoms with Gasteiger partial charge in [-0.3, -0.25) is 4.79 Å². The molecule has 1 heterocycles. The van der Waals surface area contributed by atoms with Gasteiger partial charge in [0.15, 0.2) is 0 Å². The van der Waals surface area contributed by atoms with Crippen molar-refractivity contribution < 1.29 is 9.90 Å². The smallest absolute Gasteiger partial charge is 0.307 e. The molecule has 0 radical (unpaired) electrons. The third-order valence-corrected chi connectivity index (χ3v) is 4.11. The Bertz CT molecular complexity index is 625. The summed E-state index contributed by atoms with van der Waals surface area (Å²) in [6, 6.07) is 3.51. The van der Waals surface area contributed by atoms with Crippen molar-refractivity contribution in [2.24, 2.45) is 0 Å². The Labute approximate surface area is 124 Å². The lowest BCUT2D eigenvalue weighted by atomic mass is 10.2. The maximum absolute atomic E-state index is 10.8. The Morgan fingerprint density at radius 1 is 1.26 bits per heavy atom. The number of anilines is 2. The molecule has 0 saturated carbocycles. The third-order valence-electron chi connectivity index (χ3n) is 2.60. The standard InChI is InChI=1S/C13H11Cl2NO2S/c1-7-2-11(10(15)4-9(7)14)16-12-6-19-5-8(12)3-13(17)18/h2,4-6,16H,3H2,1H3,(H,17,18). The fraction of sp³-hybridized carbons (Fsp3) is 0.154. The van der Waals surface area contributed by atoms with Gasteiger partial charge in [-0.2, -0.15) is 0 Å². The number of benzene rings is 1. The third kappa shape index (κ3) is 3.41. The van der Waals surface area contributed by atoms with Crippen LogP contribution in [0.4, 0.5) is 11.4 Å². The maximum atomic E-state index is 10.8. The lowest BCUT2D eigenvalue weighted by molar-refractivity contribution is -0.136. The number of aryl methyl sites for hydroxylation is 1. The summed E-state index contributed by atoms with van der Waals surface area (Å²) in [7, 11) is 0. The normalized spacial score (nSPS) is 10.5. The van der Waals surface area contributed by atoms with E-state index in [-0.39, 0.29) is 6.42 Å². The number of hydrogen-bond acceptors (Lipinski definition) is 3. The molecule has 2 N–H and O–H groups in total. The predicted molar refractivity (Wildman–Crippen MR) is 80.1 cm³/mol. The first-order valence-electron chi connectivity index (χ1n) is 5.47. The fourth-order valence-electron chi connectivity index (χ4n) is 1.63. The van der Waals surface area contributed by atoms with Crippen LogP contribution in [0.3, 0.4) is 0 Å². The number of halogens is 2. The average molecular weight is 316 g/mol. The molecule has 0 aliphatic rings. The lowest BCUT2D eigenvalue weighted by Gasteiger charge is -2.10. The summed E-state index contributed by atoms with van der Waals surface area (Å²) in [4.78, 5) is 10.8. The first-order valence-corrected chi connectivity index (χ1v) is 7.16. The Morgan fingerprint density at radius 2 is 2.00 bits per heavy atom. The summed E-state index contributed by atoms with van der Waals surface area (Å²) < 4.78 is 0. The molecule has 6 heteroatoms.